The third-order valence-corrected chi connectivity index (χ3v) is 2.47. The van der Waals surface area contributed by atoms with Crippen molar-refractivity contribution in [3.05, 3.63) is 24.9 Å². The van der Waals surface area contributed by atoms with Gasteiger partial charge >= 0.3 is 0 Å². The van der Waals surface area contributed by atoms with E-state index in [1.54, 1.807) is 18.9 Å². The lowest BCUT2D eigenvalue weighted by Gasteiger charge is -2.14. The van der Waals surface area contributed by atoms with Crippen molar-refractivity contribution in [2.75, 3.05) is 5.32 Å². The van der Waals surface area contributed by atoms with E-state index in [-0.39, 0.29) is 0 Å². The Morgan fingerprint density at radius 2 is 2.31 bits per heavy atom. The predicted octanol–water partition coefficient (Wildman–Crippen LogP) is 0.902. The van der Waals surface area contributed by atoms with Crippen molar-refractivity contribution in [3.63, 3.8) is 0 Å². The fourth-order valence-corrected chi connectivity index (χ4v) is 1.51. The second kappa shape index (κ2) is 4.78. The zero-order chi connectivity index (χ0) is 11.4. The van der Waals surface area contributed by atoms with E-state index in [0.717, 1.165) is 18.8 Å². The molecule has 2 aromatic rings. The second-order valence-electron chi connectivity index (χ2n) is 3.83. The Bertz CT molecular complexity index is 418. The van der Waals surface area contributed by atoms with E-state index in [4.69, 9.17) is 0 Å². The summed E-state index contributed by atoms with van der Waals surface area (Å²) in [7, 11) is 1.92. The zero-order valence-electron chi connectivity index (χ0n) is 9.54. The highest BCUT2D eigenvalue weighted by atomic mass is 15.3. The molecular formula is C10H16N6. The Morgan fingerprint density at radius 1 is 1.44 bits per heavy atom. The summed E-state index contributed by atoms with van der Waals surface area (Å²) in [5.74, 6) is 1.03. The summed E-state index contributed by atoms with van der Waals surface area (Å²) in [6.45, 7) is 3.01. The molecule has 1 unspecified atom stereocenters. The van der Waals surface area contributed by atoms with Gasteiger partial charge in [0.05, 0.1) is 6.20 Å². The molecule has 16 heavy (non-hydrogen) atoms. The first-order chi connectivity index (χ1) is 7.75. The minimum atomic E-state index is 0.375. The van der Waals surface area contributed by atoms with Gasteiger partial charge < -0.3 is 5.32 Å². The minimum Gasteiger partial charge on any atom is -0.368 e. The Morgan fingerprint density at radius 3 is 2.94 bits per heavy atom. The Kier molecular flexibility index (Phi) is 3.19. The predicted molar refractivity (Wildman–Crippen MR) is 60.9 cm³/mol. The number of hydrogen-bond acceptors (Lipinski definition) is 4. The van der Waals surface area contributed by atoms with Gasteiger partial charge in [0.1, 0.15) is 18.5 Å². The molecule has 1 N–H and O–H groups in total. The maximum Gasteiger partial charge on any atom is 0.137 e. The number of nitrogens with zero attached hydrogens (tertiary/aromatic N) is 5. The number of nitrogens with one attached hydrogen (secondary N) is 1. The van der Waals surface area contributed by atoms with Crippen molar-refractivity contribution in [2.24, 2.45) is 7.05 Å². The van der Waals surface area contributed by atoms with Crippen LogP contribution in [0.15, 0.2) is 24.9 Å². The van der Waals surface area contributed by atoms with Gasteiger partial charge in [-0.05, 0) is 13.3 Å². The first-order valence-electron chi connectivity index (χ1n) is 5.32. The molecule has 0 amide bonds. The summed E-state index contributed by atoms with van der Waals surface area (Å²) in [5, 5.41) is 11.6. The van der Waals surface area contributed by atoms with Gasteiger partial charge in [-0.3, -0.25) is 9.36 Å². The standard InChI is InChI=1S/C10H16N6/c1-9(4-6-16-8-11-7-13-16)14-10-3-5-12-15(10)2/h3,5,7-9,14H,4,6H2,1-2H3. The van der Waals surface area contributed by atoms with E-state index < -0.39 is 0 Å². The molecule has 1 atom stereocenters. The summed E-state index contributed by atoms with van der Waals surface area (Å²) in [6.07, 6.45) is 6.07. The van der Waals surface area contributed by atoms with Gasteiger partial charge in [0.15, 0.2) is 0 Å². The minimum absolute atomic E-state index is 0.375. The molecule has 0 radical (unpaired) electrons. The molecule has 2 rings (SSSR count). The molecule has 0 aliphatic heterocycles. The number of rotatable bonds is 5. The monoisotopic (exact) mass is 220 g/mol. The number of aromatic nitrogens is 5. The van der Waals surface area contributed by atoms with Gasteiger partial charge in [-0.1, -0.05) is 0 Å². The van der Waals surface area contributed by atoms with Crippen molar-refractivity contribution in [1.29, 1.82) is 0 Å². The van der Waals surface area contributed by atoms with Crippen molar-refractivity contribution in [1.82, 2.24) is 24.5 Å². The molecule has 6 nitrogen and oxygen atoms in total. The topological polar surface area (TPSA) is 60.6 Å². The molecule has 2 heterocycles. The summed E-state index contributed by atoms with van der Waals surface area (Å²) >= 11 is 0. The normalized spacial score (nSPS) is 12.6. The van der Waals surface area contributed by atoms with E-state index in [2.05, 4.69) is 27.4 Å². The molecule has 0 fully saturated rings. The number of anilines is 1. The number of aryl methyl sites for hydroxylation is 2. The van der Waals surface area contributed by atoms with E-state index >= 15 is 0 Å². The van der Waals surface area contributed by atoms with E-state index in [1.165, 1.54) is 0 Å². The van der Waals surface area contributed by atoms with Crippen LogP contribution in [0.5, 0.6) is 0 Å². The molecule has 0 aliphatic rings. The third kappa shape index (κ3) is 2.59. The highest BCUT2D eigenvalue weighted by molar-refractivity contribution is 5.34. The lowest BCUT2D eigenvalue weighted by Crippen LogP contribution is -2.19. The van der Waals surface area contributed by atoms with Crippen LogP contribution in [-0.4, -0.2) is 30.6 Å². The third-order valence-electron chi connectivity index (χ3n) is 2.47. The van der Waals surface area contributed by atoms with Gasteiger partial charge in [0.25, 0.3) is 0 Å². The smallest absolute Gasteiger partial charge is 0.137 e. The molecule has 0 saturated heterocycles. The maximum absolute atomic E-state index is 4.11. The molecule has 2 aromatic heterocycles. The van der Waals surface area contributed by atoms with Crippen LogP contribution in [0.4, 0.5) is 5.82 Å². The van der Waals surface area contributed by atoms with Gasteiger partial charge in [0.2, 0.25) is 0 Å². The van der Waals surface area contributed by atoms with Crippen LogP contribution in [0.2, 0.25) is 0 Å². The molecule has 0 aliphatic carbocycles. The van der Waals surface area contributed by atoms with Crippen LogP contribution < -0.4 is 5.32 Å². The van der Waals surface area contributed by atoms with Crippen LogP contribution in [0.25, 0.3) is 0 Å². The molecule has 0 spiro atoms. The molecular weight excluding hydrogens is 204 g/mol. The Labute approximate surface area is 94.3 Å². The highest BCUT2D eigenvalue weighted by Crippen LogP contribution is 2.07. The molecule has 86 valence electrons. The second-order valence-corrected chi connectivity index (χ2v) is 3.83. The first kappa shape index (κ1) is 10.7. The zero-order valence-corrected chi connectivity index (χ0v) is 9.54. The van der Waals surface area contributed by atoms with Gasteiger partial charge in [-0.15, -0.1) is 0 Å². The fraction of sp³-hybridized carbons (Fsp3) is 0.500. The molecule has 0 bridgehead atoms. The summed E-state index contributed by atoms with van der Waals surface area (Å²) in [6, 6.07) is 2.34. The van der Waals surface area contributed by atoms with Crippen molar-refractivity contribution < 1.29 is 0 Å². The molecule has 6 heteroatoms. The van der Waals surface area contributed by atoms with E-state index in [9.17, 15) is 0 Å². The maximum atomic E-state index is 4.11. The van der Waals surface area contributed by atoms with Gasteiger partial charge in [-0.2, -0.15) is 10.2 Å². The molecule has 0 aromatic carbocycles. The van der Waals surface area contributed by atoms with Gasteiger partial charge in [0, 0.05) is 25.7 Å². The summed E-state index contributed by atoms with van der Waals surface area (Å²) in [4.78, 5) is 3.91. The highest BCUT2D eigenvalue weighted by Gasteiger charge is 2.04. The quantitative estimate of drug-likeness (QED) is 0.813. The molecule has 0 saturated carbocycles. The number of hydrogen-bond donors (Lipinski definition) is 1. The largest absolute Gasteiger partial charge is 0.368 e. The average molecular weight is 220 g/mol. The van der Waals surface area contributed by atoms with Crippen LogP contribution >= 0.6 is 0 Å². The lowest BCUT2D eigenvalue weighted by atomic mass is 10.2. The van der Waals surface area contributed by atoms with Crippen LogP contribution in [0.1, 0.15) is 13.3 Å². The average Bonchev–Trinajstić information content (AvgIpc) is 2.88. The van der Waals surface area contributed by atoms with Crippen molar-refractivity contribution >= 4 is 5.82 Å². The lowest BCUT2D eigenvalue weighted by molar-refractivity contribution is 0.542. The van der Waals surface area contributed by atoms with Crippen LogP contribution in [-0.2, 0) is 13.6 Å². The van der Waals surface area contributed by atoms with Crippen molar-refractivity contribution in [2.45, 2.75) is 25.9 Å². The van der Waals surface area contributed by atoms with E-state index in [1.807, 2.05) is 22.5 Å². The first-order valence-corrected chi connectivity index (χ1v) is 5.32. The van der Waals surface area contributed by atoms with Crippen LogP contribution in [0, 0.1) is 0 Å². The van der Waals surface area contributed by atoms with E-state index in [0.29, 0.717) is 6.04 Å². The SMILES string of the molecule is CC(CCn1cncn1)Nc1ccnn1C. The fourth-order valence-electron chi connectivity index (χ4n) is 1.51. The summed E-state index contributed by atoms with van der Waals surface area (Å²) in [5.41, 5.74) is 0. The summed E-state index contributed by atoms with van der Waals surface area (Å²) < 4.78 is 3.66. The van der Waals surface area contributed by atoms with Crippen LogP contribution in [0.3, 0.4) is 0 Å². The Balaban J connectivity index is 1.81. The van der Waals surface area contributed by atoms with Gasteiger partial charge in [-0.25, -0.2) is 4.98 Å². The van der Waals surface area contributed by atoms with Crippen molar-refractivity contribution in [3.8, 4) is 0 Å². The Hall–Kier alpha value is -1.85.